The van der Waals surface area contributed by atoms with E-state index in [2.05, 4.69) is 44.9 Å². The van der Waals surface area contributed by atoms with Crippen LogP contribution >= 0.6 is 0 Å². The van der Waals surface area contributed by atoms with Crippen LogP contribution in [0.25, 0.3) is 11.3 Å². The summed E-state index contributed by atoms with van der Waals surface area (Å²) in [4.78, 5) is 0. The van der Waals surface area contributed by atoms with E-state index in [0.717, 1.165) is 5.69 Å². The molecule has 1 aromatic heterocycles. The molecule has 0 atom stereocenters. The van der Waals surface area contributed by atoms with Crippen LogP contribution < -0.4 is 5.73 Å². The van der Waals surface area contributed by atoms with E-state index in [1.165, 1.54) is 22.3 Å². The first kappa shape index (κ1) is 12.7. The lowest BCUT2D eigenvalue weighted by molar-refractivity contribution is 0.781. The zero-order valence-corrected chi connectivity index (χ0v) is 11.8. The van der Waals surface area contributed by atoms with Crippen molar-refractivity contribution >= 4 is 5.82 Å². The minimum Gasteiger partial charge on any atom is -0.384 e. The zero-order chi connectivity index (χ0) is 13.4. The van der Waals surface area contributed by atoms with Gasteiger partial charge in [0.25, 0.3) is 0 Å². The van der Waals surface area contributed by atoms with Gasteiger partial charge in [-0.3, -0.25) is 4.68 Å². The minimum absolute atomic E-state index is 0.518. The molecule has 0 fully saturated rings. The van der Waals surface area contributed by atoms with Gasteiger partial charge in [-0.2, -0.15) is 5.10 Å². The van der Waals surface area contributed by atoms with Gasteiger partial charge in [0, 0.05) is 18.7 Å². The van der Waals surface area contributed by atoms with Gasteiger partial charge in [0.15, 0.2) is 0 Å². The topological polar surface area (TPSA) is 43.8 Å². The Morgan fingerprint density at radius 3 is 2.33 bits per heavy atom. The van der Waals surface area contributed by atoms with Gasteiger partial charge in [-0.1, -0.05) is 19.9 Å². The average Bonchev–Trinajstić information content (AvgIpc) is 2.62. The number of nitrogen functional groups attached to an aromatic ring is 1. The van der Waals surface area contributed by atoms with Crippen molar-refractivity contribution < 1.29 is 0 Å². The molecule has 1 aromatic carbocycles. The Balaban J connectivity index is 2.62. The predicted molar refractivity (Wildman–Crippen MR) is 76.6 cm³/mol. The monoisotopic (exact) mass is 243 g/mol. The van der Waals surface area contributed by atoms with Crippen molar-refractivity contribution in [3.8, 4) is 11.3 Å². The van der Waals surface area contributed by atoms with Gasteiger partial charge in [-0.25, -0.2) is 0 Å². The maximum absolute atomic E-state index is 5.86. The number of benzene rings is 1. The molecule has 2 N–H and O–H groups in total. The molecule has 0 aliphatic carbocycles. The zero-order valence-electron chi connectivity index (χ0n) is 11.8. The second-order valence-electron chi connectivity index (χ2n) is 5.24. The first-order valence-corrected chi connectivity index (χ1v) is 6.31. The smallest absolute Gasteiger partial charge is 0.121 e. The van der Waals surface area contributed by atoms with Crippen LogP contribution in [0.1, 0.15) is 36.5 Å². The van der Waals surface area contributed by atoms with E-state index in [9.17, 15) is 0 Å². The third-order valence-electron chi connectivity index (χ3n) is 3.55. The summed E-state index contributed by atoms with van der Waals surface area (Å²) in [6.45, 7) is 8.71. The molecule has 3 nitrogen and oxygen atoms in total. The summed E-state index contributed by atoms with van der Waals surface area (Å²) in [7, 11) is 1.87. The first-order chi connectivity index (χ1) is 8.40. The molecular weight excluding hydrogens is 222 g/mol. The Bertz CT molecular complexity index is 560. The van der Waals surface area contributed by atoms with Crippen LogP contribution in [0.5, 0.6) is 0 Å². The van der Waals surface area contributed by atoms with Gasteiger partial charge >= 0.3 is 0 Å². The van der Waals surface area contributed by atoms with E-state index in [0.29, 0.717) is 11.7 Å². The highest BCUT2D eigenvalue weighted by atomic mass is 15.3. The van der Waals surface area contributed by atoms with Crippen molar-refractivity contribution in [1.29, 1.82) is 0 Å². The molecular formula is C15H21N3. The van der Waals surface area contributed by atoms with Crippen LogP contribution in [-0.2, 0) is 7.05 Å². The number of nitrogens with zero attached hydrogens (tertiary/aromatic N) is 2. The van der Waals surface area contributed by atoms with E-state index < -0.39 is 0 Å². The minimum atomic E-state index is 0.518. The summed E-state index contributed by atoms with van der Waals surface area (Å²) in [5, 5.41) is 4.47. The van der Waals surface area contributed by atoms with E-state index in [-0.39, 0.29) is 0 Å². The molecule has 0 bridgehead atoms. The summed E-state index contributed by atoms with van der Waals surface area (Å²) in [5.74, 6) is 1.21. The highest BCUT2D eigenvalue weighted by Crippen LogP contribution is 2.29. The van der Waals surface area contributed by atoms with Crippen molar-refractivity contribution in [3.05, 3.63) is 34.9 Å². The van der Waals surface area contributed by atoms with Crippen molar-refractivity contribution in [1.82, 2.24) is 9.78 Å². The lowest BCUT2D eigenvalue weighted by atomic mass is 9.93. The molecule has 2 rings (SSSR count). The fourth-order valence-corrected chi connectivity index (χ4v) is 2.10. The Morgan fingerprint density at radius 1 is 1.17 bits per heavy atom. The van der Waals surface area contributed by atoms with Gasteiger partial charge in [0.1, 0.15) is 5.82 Å². The van der Waals surface area contributed by atoms with Crippen LogP contribution in [-0.4, -0.2) is 9.78 Å². The maximum atomic E-state index is 5.86. The number of hydrogen-bond donors (Lipinski definition) is 1. The summed E-state index contributed by atoms with van der Waals surface area (Å²) in [6.07, 6.45) is 0. The van der Waals surface area contributed by atoms with E-state index in [1.54, 1.807) is 4.68 Å². The predicted octanol–water partition coefficient (Wildman–Crippen LogP) is 3.41. The highest BCUT2D eigenvalue weighted by Gasteiger charge is 2.12. The molecule has 2 aromatic rings. The molecule has 0 aliphatic heterocycles. The largest absolute Gasteiger partial charge is 0.384 e. The molecule has 0 spiro atoms. The summed E-state index contributed by atoms with van der Waals surface area (Å²) < 4.78 is 1.71. The molecule has 3 heteroatoms. The Kier molecular flexibility index (Phi) is 3.16. The third kappa shape index (κ3) is 2.13. The fraction of sp³-hybridized carbons (Fsp3) is 0.400. The number of hydrogen-bond acceptors (Lipinski definition) is 2. The Hall–Kier alpha value is -1.77. The molecule has 0 unspecified atom stereocenters. The molecule has 0 aliphatic rings. The maximum Gasteiger partial charge on any atom is 0.121 e. The second-order valence-corrected chi connectivity index (χ2v) is 5.24. The van der Waals surface area contributed by atoms with Crippen molar-refractivity contribution in [2.24, 2.45) is 7.05 Å². The van der Waals surface area contributed by atoms with Crippen LogP contribution in [0.4, 0.5) is 5.82 Å². The van der Waals surface area contributed by atoms with Gasteiger partial charge in [0.2, 0.25) is 0 Å². The normalized spacial score (nSPS) is 11.2. The van der Waals surface area contributed by atoms with Crippen LogP contribution in [0.15, 0.2) is 18.2 Å². The standard InChI is InChI=1S/C15H21N3/c1-9(2)12-6-10(3)11(4)13(7-12)14-8-15(16)18(5)17-14/h6-9H,16H2,1-5H3. The van der Waals surface area contributed by atoms with Crippen LogP contribution in [0, 0.1) is 13.8 Å². The van der Waals surface area contributed by atoms with Gasteiger partial charge < -0.3 is 5.73 Å². The third-order valence-corrected chi connectivity index (χ3v) is 3.55. The number of aryl methyl sites for hydroxylation is 2. The van der Waals surface area contributed by atoms with Gasteiger partial charge in [-0.15, -0.1) is 0 Å². The number of nitrogens with two attached hydrogens (primary N) is 1. The Labute approximate surface area is 109 Å². The lowest BCUT2D eigenvalue weighted by Gasteiger charge is -2.13. The molecule has 1 heterocycles. The summed E-state index contributed by atoms with van der Waals surface area (Å²) in [5.41, 5.74) is 11.9. The van der Waals surface area contributed by atoms with Crippen LogP contribution in [0.3, 0.4) is 0 Å². The second kappa shape index (κ2) is 4.48. The van der Waals surface area contributed by atoms with E-state index >= 15 is 0 Å². The van der Waals surface area contributed by atoms with Crippen molar-refractivity contribution in [2.45, 2.75) is 33.6 Å². The number of rotatable bonds is 2. The van der Waals surface area contributed by atoms with Crippen LogP contribution in [0.2, 0.25) is 0 Å². The molecule has 18 heavy (non-hydrogen) atoms. The van der Waals surface area contributed by atoms with Crippen molar-refractivity contribution in [3.63, 3.8) is 0 Å². The molecule has 0 saturated carbocycles. The number of aromatic nitrogens is 2. The number of anilines is 1. The quantitative estimate of drug-likeness (QED) is 0.878. The van der Waals surface area contributed by atoms with Gasteiger partial charge in [0.05, 0.1) is 5.69 Å². The van der Waals surface area contributed by atoms with E-state index in [1.807, 2.05) is 13.1 Å². The van der Waals surface area contributed by atoms with Crippen molar-refractivity contribution in [2.75, 3.05) is 5.73 Å². The first-order valence-electron chi connectivity index (χ1n) is 6.31. The summed E-state index contributed by atoms with van der Waals surface area (Å²) >= 11 is 0. The fourth-order valence-electron chi connectivity index (χ4n) is 2.10. The van der Waals surface area contributed by atoms with Gasteiger partial charge in [-0.05, 0) is 42.5 Å². The molecule has 96 valence electrons. The SMILES string of the molecule is Cc1cc(C(C)C)cc(-c2cc(N)n(C)n2)c1C. The Morgan fingerprint density at radius 2 is 1.83 bits per heavy atom. The average molecular weight is 243 g/mol. The highest BCUT2D eigenvalue weighted by molar-refractivity contribution is 5.68. The molecule has 0 radical (unpaired) electrons. The van der Waals surface area contributed by atoms with E-state index in [4.69, 9.17) is 5.73 Å². The molecule has 0 saturated heterocycles. The summed E-state index contributed by atoms with van der Waals surface area (Å²) in [6, 6.07) is 6.43. The lowest BCUT2D eigenvalue weighted by Crippen LogP contribution is -1.97. The molecule has 0 amide bonds.